The lowest BCUT2D eigenvalue weighted by atomic mass is 9.96. The van der Waals surface area contributed by atoms with Crippen molar-refractivity contribution in [1.82, 2.24) is 0 Å². The Morgan fingerprint density at radius 3 is 1.71 bits per heavy atom. The van der Waals surface area contributed by atoms with E-state index in [2.05, 4.69) is 0 Å². The second-order valence-electron chi connectivity index (χ2n) is 4.34. The van der Waals surface area contributed by atoms with Crippen molar-refractivity contribution in [2.45, 2.75) is 48.1 Å². The monoisotopic (exact) mass is 288 g/mol. The van der Waals surface area contributed by atoms with Crippen molar-refractivity contribution in [3.63, 3.8) is 0 Å². The number of hydrogen-bond acceptors (Lipinski definition) is 2. The highest BCUT2D eigenvalue weighted by Gasteiger charge is 2.09. The third kappa shape index (κ3) is 5.24. The number of rotatable bonds is 2. The minimum atomic E-state index is -0.0235. The summed E-state index contributed by atoms with van der Waals surface area (Å²) < 4.78 is 0. The van der Waals surface area contributed by atoms with E-state index in [1.165, 1.54) is 0 Å². The molecule has 0 fully saturated rings. The maximum absolute atomic E-state index is 9.95. The Bertz CT molecular complexity index is 545. The second kappa shape index (κ2) is 10.0. The number of aryl methyl sites for hydroxylation is 2. The Morgan fingerprint density at radius 1 is 0.762 bits per heavy atom. The molecule has 116 valence electrons. The molecule has 2 aromatic carbocycles. The summed E-state index contributed by atoms with van der Waals surface area (Å²) >= 11 is 0. The van der Waals surface area contributed by atoms with Gasteiger partial charge < -0.3 is 10.2 Å². The van der Waals surface area contributed by atoms with Gasteiger partial charge in [-0.1, -0.05) is 63.6 Å². The van der Waals surface area contributed by atoms with Crippen LogP contribution in [-0.4, -0.2) is 10.2 Å². The fourth-order valence-corrected chi connectivity index (χ4v) is 1.99. The number of phenolic OH excluding ortho intramolecular Hbond substituents is 1. The standard InChI is InChI=1S/C15H16O2.2C2H6/c1-10-3-5-13(12(7-10)9-16)14-6-4-11(2)8-15(14)17;2*1-2/h3-8,16-17H,9H2,1-2H3;2*1-2H3. The van der Waals surface area contributed by atoms with Crippen molar-refractivity contribution in [2.75, 3.05) is 0 Å². The van der Waals surface area contributed by atoms with Gasteiger partial charge in [0.15, 0.2) is 0 Å². The topological polar surface area (TPSA) is 40.5 Å². The van der Waals surface area contributed by atoms with Crippen LogP contribution in [0.2, 0.25) is 0 Å². The molecule has 0 saturated carbocycles. The molecule has 0 saturated heterocycles. The van der Waals surface area contributed by atoms with Crippen LogP contribution in [0, 0.1) is 13.8 Å². The first kappa shape index (κ1) is 19.2. The SMILES string of the molecule is CC.CC.Cc1ccc(-c2ccc(C)cc2CO)c(O)c1. The summed E-state index contributed by atoms with van der Waals surface area (Å²) in [4.78, 5) is 0. The van der Waals surface area contributed by atoms with Gasteiger partial charge >= 0.3 is 0 Å². The number of hydrogen-bond donors (Lipinski definition) is 2. The molecule has 0 aliphatic carbocycles. The first-order chi connectivity index (χ1) is 10.1. The summed E-state index contributed by atoms with van der Waals surface area (Å²) in [7, 11) is 0. The smallest absolute Gasteiger partial charge is 0.123 e. The van der Waals surface area contributed by atoms with Crippen molar-refractivity contribution in [3.8, 4) is 16.9 Å². The van der Waals surface area contributed by atoms with Crippen LogP contribution >= 0.6 is 0 Å². The van der Waals surface area contributed by atoms with Crippen LogP contribution in [-0.2, 0) is 6.61 Å². The maximum Gasteiger partial charge on any atom is 0.123 e. The Kier molecular flexibility index (Phi) is 9.15. The van der Waals surface area contributed by atoms with E-state index in [1.54, 1.807) is 6.07 Å². The van der Waals surface area contributed by atoms with Gasteiger partial charge in [-0.2, -0.15) is 0 Å². The van der Waals surface area contributed by atoms with Crippen LogP contribution < -0.4 is 0 Å². The molecule has 0 heterocycles. The Morgan fingerprint density at radius 2 is 1.24 bits per heavy atom. The fourth-order valence-electron chi connectivity index (χ4n) is 1.99. The molecular formula is C19H28O2. The first-order valence-corrected chi connectivity index (χ1v) is 7.62. The van der Waals surface area contributed by atoms with E-state index < -0.39 is 0 Å². The summed E-state index contributed by atoms with van der Waals surface area (Å²) in [6.07, 6.45) is 0. The zero-order chi connectivity index (χ0) is 16.4. The molecular weight excluding hydrogens is 260 g/mol. The van der Waals surface area contributed by atoms with E-state index in [4.69, 9.17) is 0 Å². The van der Waals surface area contributed by atoms with E-state index in [9.17, 15) is 10.2 Å². The van der Waals surface area contributed by atoms with Gasteiger partial charge in [0.05, 0.1) is 6.61 Å². The van der Waals surface area contributed by atoms with Crippen molar-refractivity contribution >= 4 is 0 Å². The van der Waals surface area contributed by atoms with E-state index in [0.29, 0.717) is 0 Å². The van der Waals surface area contributed by atoms with Gasteiger partial charge in [-0.05, 0) is 36.6 Å². The average molecular weight is 288 g/mol. The molecule has 2 aromatic rings. The summed E-state index contributed by atoms with van der Waals surface area (Å²) in [6, 6.07) is 11.4. The molecule has 0 aliphatic rings. The van der Waals surface area contributed by atoms with Gasteiger partial charge in [-0.15, -0.1) is 0 Å². The Labute approximate surface area is 129 Å². The zero-order valence-corrected chi connectivity index (χ0v) is 14.1. The average Bonchev–Trinajstić information content (AvgIpc) is 2.52. The van der Waals surface area contributed by atoms with Crippen LogP contribution in [0.5, 0.6) is 5.75 Å². The molecule has 21 heavy (non-hydrogen) atoms. The number of benzene rings is 2. The number of phenols is 1. The van der Waals surface area contributed by atoms with Crippen LogP contribution in [0.1, 0.15) is 44.4 Å². The molecule has 2 heteroatoms. The largest absolute Gasteiger partial charge is 0.507 e. The highest BCUT2D eigenvalue weighted by Crippen LogP contribution is 2.32. The fraction of sp³-hybridized carbons (Fsp3) is 0.368. The lowest BCUT2D eigenvalue weighted by Crippen LogP contribution is -1.91. The summed E-state index contributed by atoms with van der Waals surface area (Å²) in [6.45, 7) is 11.9. The third-order valence-electron chi connectivity index (χ3n) is 2.87. The van der Waals surface area contributed by atoms with E-state index in [-0.39, 0.29) is 12.4 Å². The molecule has 2 N–H and O–H groups in total. The highest BCUT2D eigenvalue weighted by molar-refractivity contribution is 5.73. The summed E-state index contributed by atoms with van der Waals surface area (Å²) in [5, 5.41) is 19.3. The van der Waals surface area contributed by atoms with Gasteiger partial charge in [0, 0.05) is 5.56 Å². The maximum atomic E-state index is 9.95. The molecule has 2 nitrogen and oxygen atoms in total. The van der Waals surface area contributed by atoms with E-state index in [1.807, 2.05) is 71.9 Å². The minimum Gasteiger partial charge on any atom is -0.507 e. The lowest BCUT2D eigenvalue weighted by Gasteiger charge is -2.11. The number of aromatic hydroxyl groups is 1. The quantitative estimate of drug-likeness (QED) is 0.795. The normalized spacial score (nSPS) is 9.10. The predicted molar refractivity (Wildman–Crippen MR) is 91.6 cm³/mol. The lowest BCUT2D eigenvalue weighted by molar-refractivity contribution is 0.282. The second-order valence-corrected chi connectivity index (χ2v) is 4.34. The van der Waals surface area contributed by atoms with Crippen LogP contribution in [0.15, 0.2) is 36.4 Å². The highest BCUT2D eigenvalue weighted by atomic mass is 16.3. The first-order valence-electron chi connectivity index (χ1n) is 7.62. The van der Waals surface area contributed by atoms with Crippen LogP contribution in [0.4, 0.5) is 0 Å². The minimum absolute atomic E-state index is 0.0235. The van der Waals surface area contributed by atoms with Gasteiger partial charge in [-0.25, -0.2) is 0 Å². The molecule has 0 unspecified atom stereocenters. The summed E-state index contributed by atoms with van der Waals surface area (Å²) in [5.41, 5.74) is 4.60. The third-order valence-corrected chi connectivity index (χ3v) is 2.87. The zero-order valence-electron chi connectivity index (χ0n) is 14.1. The Hall–Kier alpha value is -1.80. The number of aliphatic hydroxyl groups excluding tert-OH is 1. The number of aliphatic hydroxyl groups is 1. The van der Waals surface area contributed by atoms with Gasteiger partial charge in [0.25, 0.3) is 0 Å². The van der Waals surface area contributed by atoms with E-state index >= 15 is 0 Å². The molecule has 0 atom stereocenters. The molecule has 0 aromatic heterocycles. The molecule has 0 amide bonds. The van der Waals surface area contributed by atoms with Crippen molar-refractivity contribution in [3.05, 3.63) is 53.1 Å². The van der Waals surface area contributed by atoms with Crippen molar-refractivity contribution < 1.29 is 10.2 Å². The molecule has 0 spiro atoms. The van der Waals surface area contributed by atoms with E-state index in [0.717, 1.165) is 27.8 Å². The van der Waals surface area contributed by atoms with Gasteiger partial charge in [0.1, 0.15) is 5.75 Å². The summed E-state index contributed by atoms with van der Waals surface area (Å²) in [5.74, 6) is 0.253. The molecule has 0 aliphatic heterocycles. The van der Waals surface area contributed by atoms with Crippen molar-refractivity contribution in [1.29, 1.82) is 0 Å². The molecule has 0 radical (unpaired) electrons. The molecule has 2 rings (SSSR count). The predicted octanol–water partition coefficient (Wildman–Crippen LogP) is 5.22. The van der Waals surface area contributed by atoms with Gasteiger partial charge in [-0.3, -0.25) is 0 Å². The van der Waals surface area contributed by atoms with Crippen LogP contribution in [0.25, 0.3) is 11.1 Å². The van der Waals surface area contributed by atoms with Crippen molar-refractivity contribution in [2.24, 2.45) is 0 Å². The van der Waals surface area contributed by atoms with Crippen LogP contribution in [0.3, 0.4) is 0 Å². The van der Waals surface area contributed by atoms with Gasteiger partial charge in [0.2, 0.25) is 0 Å². The Balaban J connectivity index is 0.000000921. The molecule has 0 bridgehead atoms.